The van der Waals surface area contributed by atoms with Crippen LogP contribution < -0.4 is 4.90 Å². The molecular formula is C13H22N2. The minimum absolute atomic E-state index is 0.557. The fourth-order valence-corrected chi connectivity index (χ4v) is 1.76. The predicted octanol–water partition coefficient (Wildman–Crippen LogP) is 3.36. The minimum atomic E-state index is 0.557. The Labute approximate surface area is 93.3 Å². The van der Waals surface area contributed by atoms with Crippen LogP contribution in [0.3, 0.4) is 0 Å². The molecule has 0 unspecified atom stereocenters. The summed E-state index contributed by atoms with van der Waals surface area (Å²) in [6, 6.07) is 2.26. The first kappa shape index (κ1) is 12.0. The summed E-state index contributed by atoms with van der Waals surface area (Å²) >= 11 is 0. The molecule has 0 aliphatic carbocycles. The van der Waals surface area contributed by atoms with Gasteiger partial charge in [0.2, 0.25) is 0 Å². The number of pyridine rings is 1. The smallest absolute Gasteiger partial charge is 0.131 e. The first-order chi connectivity index (χ1) is 7.10. The molecule has 0 radical (unpaired) electrons. The highest BCUT2D eigenvalue weighted by Crippen LogP contribution is 2.21. The quantitative estimate of drug-likeness (QED) is 0.751. The molecule has 2 nitrogen and oxygen atoms in total. The standard InChI is InChI=1S/C13H22N2/c1-6-15(7-2)13-11(5)8-12(9-14-13)10(3)4/h8-10H,6-7H2,1-5H3. The van der Waals surface area contributed by atoms with Crippen LogP contribution in [0.4, 0.5) is 5.82 Å². The van der Waals surface area contributed by atoms with Crippen molar-refractivity contribution in [3.8, 4) is 0 Å². The second-order valence-corrected chi connectivity index (χ2v) is 4.24. The minimum Gasteiger partial charge on any atom is -0.357 e. The van der Waals surface area contributed by atoms with Crippen molar-refractivity contribution in [2.75, 3.05) is 18.0 Å². The molecule has 0 saturated heterocycles. The number of aryl methyl sites for hydroxylation is 1. The Morgan fingerprint density at radius 3 is 2.27 bits per heavy atom. The van der Waals surface area contributed by atoms with Crippen molar-refractivity contribution in [1.82, 2.24) is 4.98 Å². The Bertz CT molecular complexity index is 314. The number of aromatic nitrogens is 1. The van der Waals surface area contributed by atoms with Crippen LogP contribution in [0.1, 0.15) is 44.7 Å². The summed E-state index contributed by atoms with van der Waals surface area (Å²) in [7, 11) is 0. The van der Waals surface area contributed by atoms with E-state index >= 15 is 0 Å². The van der Waals surface area contributed by atoms with E-state index in [1.165, 1.54) is 11.1 Å². The number of hydrogen-bond donors (Lipinski definition) is 0. The first-order valence-corrected chi connectivity index (χ1v) is 5.81. The molecule has 0 spiro atoms. The molecule has 2 heteroatoms. The number of hydrogen-bond acceptors (Lipinski definition) is 2. The van der Waals surface area contributed by atoms with Gasteiger partial charge >= 0.3 is 0 Å². The topological polar surface area (TPSA) is 16.1 Å². The van der Waals surface area contributed by atoms with E-state index < -0.39 is 0 Å². The van der Waals surface area contributed by atoms with Crippen LogP contribution in [0, 0.1) is 6.92 Å². The lowest BCUT2D eigenvalue weighted by atomic mass is 10.0. The summed E-state index contributed by atoms with van der Waals surface area (Å²) in [6.45, 7) is 12.9. The van der Waals surface area contributed by atoms with Crippen LogP contribution >= 0.6 is 0 Å². The molecule has 1 aromatic heterocycles. The predicted molar refractivity (Wildman–Crippen MR) is 66.6 cm³/mol. The van der Waals surface area contributed by atoms with Crippen LogP contribution in [0.15, 0.2) is 12.3 Å². The van der Waals surface area contributed by atoms with E-state index in [4.69, 9.17) is 0 Å². The van der Waals surface area contributed by atoms with Crippen molar-refractivity contribution in [3.63, 3.8) is 0 Å². The number of nitrogens with zero attached hydrogens (tertiary/aromatic N) is 2. The van der Waals surface area contributed by atoms with Crippen LogP contribution in [-0.4, -0.2) is 18.1 Å². The van der Waals surface area contributed by atoms with Crippen LogP contribution in [0.2, 0.25) is 0 Å². The summed E-state index contributed by atoms with van der Waals surface area (Å²) in [5.74, 6) is 1.69. The Kier molecular flexibility index (Phi) is 4.13. The van der Waals surface area contributed by atoms with E-state index in [0.717, 1.165) is 18.9 Å². The fraction of sp³-hybridized carbons (Fsp3) is 0.615. The average Bonchev–Trinajstić information content (AvgIpc) is 2.21. The molecule has 0 fully saturated rings. The van der Waals surface area contributed by atoms with Crippen molar-refractivity contribution in [1.29, 1.82) is 0 Å². The van der Waals surface area contributed by atoms with E-state index in [9.17, 15) is 0 Å². The van der Waals surface area contributed by atoms with Gasteiger partial charge in [0.15, 0.2) is 0 Å². The molecule has 15 heavy (non-hydrogen) atoms. The molecule has 84 valence electrons. The third kappa shape index (κ3) is 2.71. The van der Waals surface area contributed by atoms with Crippen molar-refractivity contribution >= 4 is 5.82 Å². The largest absolute Gasteiger partial charge is 0.357 e. The molecule has 0 N–H and O–H groups in total. The molecule has 0 aliphatic heterocycles. The van der Waals surface area contributed by atoms with Crippen molar-refractivity contribution in [2.24, 2.45) is 0 Å². The summed E-state index contributed by atoms with van der Waals surface area (Å²) < 4.78 is 0. The zero-order chi connectivity index (χ0) is 11.4. The third-order valence-corrected chi connectivity index (χ3v) is 2.80. The van der Waals surface area contributed by atoms with Gasteiger partial charge in [-0.2, -0.15) is 0 Å². The second-order valence-electron chi connectivity index (χ2n) is 4.24. The second kappa shape index (κ2) is 5.15. The maximum atomic E-state index is 4.57. The molecular weight excluding hydrogens is 184 g/mol. The van der Waals surface area contributed by atoms with Gasteiger partial charge in [0.25, 0.3) is 0 Å². The lowest BCUT2D eigenvalue weighted by Crippen LogP contribution is -2.24. The van der Waals surface area contributed by atoms with Crippen molar-refractivity contribution < 1.29 is 0 Å². The maximum absolute atomic E-state index is 4.57. The lowest BCUT2D eigenvalue weighted by molar-refractivity contribution is 0.821. The van der Waals surface area contributed by atoms with Crippen LogP contribution in [0.25, 0.3) is 0 Å². The monoisotopic (exact) mass is 206 g/mol. The normalized spacial score (nSPS) is 10.8. The van der Waals surface area contributed by atoms with E-state index in [-0.39, 0.29) is 0 Å². The molecule has 0 bridgehead atoms. The molecule has 0 atom stereocenters. The third-order valence-electron chi connectivity index (χ3n) is 2.80. The summed E-state index contributed by atoms with van der Waals surface area (Å²) in [4.78, 5) is 6.86. The molecule has 0 aromatic carbocycles. The molecule has 1 aromatic rings. The van der Waals surface area contributed by atoms with E-state index in [2.05, 4.69) is 50.6 Å². The Morgan fingerprint density at radius 2 is 1.87 bits per heavy atom. The SMILES string of the molecule is CCN(CC)c1ncc(C(C)C)cc1C. The molecule has 1 rings (SSSR count). The molecule has 0 amide bonds. The van der Waals surface area contributed by atoms with Crippen molar-refractivity contribution in [2.45, 2.75) is 40.5 Å². The summed E-state index contributed by atoms with van der Waals surface area (Å²) in [5.41, 5.74) is 2.60. The van der Waals surface area contributed by atoms with E-state index in [1.54, 1.807) is 0 Å². The van der Waals surface area contributed by atoms with Gasteiger partial charge in [-0.15, -0.1) is 0 Å². The fourth-order valence-electron chi connectivity index (χ4n) is 1.76. The Hall–Kier alpha value is -1.05. The van der Waals surface area contributed by atoms with Crippen LogP contribution in [-0.2, 0) is 0 Å². The number of anilines is 1. The molecule has 0 aliphatic rings. The highest BCUT2D eigenvalue weighted by Gasteiger charge is 2.08. The summed E-state index contributed by atoms with van der Waals surface area (Å²) in [6.07, 6.45) is 2.01. The van der Waals surface area contributed by atoms with Gasteiger partial charge in [0.1, 0.15) is 5.82 Å². The Balaban J connectivity index is 3.02. The zero-order valence-corrected chi connectivity index (χ0v) is 10.5. The number of rotatable bonds is 4. The Morgan fingerprint density at radius 1 is 1.27 bits per heavy atom. The summed E-state index contributed by atoms with van der Waals surface area (Å²) in [5, 5.41) is 0. The van der Waals surface area contributed by atoms with Crippen LogP contribution in [0.5, 0.6) is 0 Å². The van der Waals surface area contributed by atoms with Gasteiger partial charge in [-0.3, -0.25) is 0 Å². The average molecular weight is 206 g/mol. The van der Waals surface area contributed by atoms with Crippen molar-refractivity contribution in [3.05, 3.63) is 23.4 Å². The zero-order valence-electron chi connectivity index (χ0n) is 10.5. The first-order valence-electron chi connectivity index (χ1n) is 5.81. The highest BCUT2D eigenvalue weighted by atomic mass is 15.2. The lowest BCUT2D eigenvalue weighted by Gasteiger charge is -2.22. The molecule has 0 saturated carbocycles. The van der Waals surface area contributed by atoms with E-state index in [0.29, 0.717) is 5.92 Å². The van der Waals surface area contributed by atoms with Gasteiger partial charge in [0, 0.05) is 19.3 Å². The molecule has 1 heterocycles. The van der Waals surface area contributed by atoms with E-state index in [1.807, 2.05) is 6.20 Å². The van der Waals surface area contributed by atoms with Gasteiger partial charge in [0.05, 0.1) is 0 Å². The van der Waals surface area contributed by atoms with Gasteiger partial charge in [-0.1, -0.05) is 19.9 Å². The van der Waals surface area contributed by atoms with Gasteiger partial charge < -0.3 is 4.90 Å². The van der Waals surface area contributed by atoms with Gasteiger partial charge in [-0.25, -0.2) is 4.98 Å². The maximum Gasteiger partial charge on any atom is 0.131 e. The highest BCUT2D eigenvalue weighted by molar-refractivity contribution is 5.47. The van der Waals surface area contributed by atoms with Gasteiger partial charge in [-0.05, 0) is 37.8 Å².